The molecule has 0 aliphatic heterocycles. The number of aromatic nitrogens is 2. The van der Waals surface area contributed by atoms with Crippen molar-refractivity contribution in [3.63, 3.8) is 0 Å². The zero-order chi connectivity index (χ0) is 35.0. The van der Waals surface area contributed by atoms with Crippen LogP contribution in [0.4, 0.5) is 0 Å². The number of fused-ring (bicyclic) bond motifs is 2. The minimum atomic E-state index is 0. The van der Waals surface area contributed by atoms with Crippen LogP contribution in [-0.2, 0) is 36.7 Å². The number of carbonyl (C=O) groups is 1. The molecular weight excluding hydrogens is 785 g/mol. The number of ketones is 1. The number of pyridine rings is 2. The molecule has 0 saturated heterocycles. The summed E-state index contributed by atoms with van der Waals surface area (Å²) in [5.74, 6) is 1.07. The third-order valence-corrected chi connectivity index (χ3v) is 9.18. The zero-order valence-electron chi connectivity index (χ0n) is 30.7. The van der Waals surface area contributed by atoms with Gasteiger partial charge in [0.2, 0.25) is 0 Å². The Balaban J connectivity index is 0.000000347. The number of carbonyl (C=O) groups excluding carboxylic acids is 1. The summed E-state index contributed by atoms with van der Waals surface area (Å²) in [6.07, 6.45) is 11.4. The van der Waals surface area contributed by atoms with Crippen molar-refractivity contribution in [2.24, 2.45) is 17.8 Å². The summed E-state index contributed by atoms with van der Waals surface area (Å²) in [4.78, 5) is 21.2. The van der Waals surface area contributed by atoms with Crippen molar-refractivity contribution in [3.05, 3.63) is 96.3 Å². The van der Waals surface area contributed by atoms with Gasteiger partial charge in [0.15, 0.2) is 11.4 Å². The second kappa shape index (κ2) is 17.9. The van der Waals surface area contributed by atoms with Crippen LogP contribution in [0.25, 0.3) is 44.1 Å². The molecule has 263 valence electrons. The van der Waals surface area contributed by atoms with Gasteiger partial charge < -0.3 is 9.52 Å². The van der Waals surface area contributed by atoms with Crippen LogP contribution in [0.3, 0.4) is 0 Å². The molecule has 3 heterocycles. The van der Waals surface area contributed by atoms with Crippen LogP contribution in [0.1, 0.15) is 99.3 Å². The van der Waals surface area contributed by atoms with Gasteiger partial charge in [0, 0.05) is 67.1 Å². The van der Waals surface area contributed by atoms with Crippen molar-refractivity contribution in [2.45, 2.75) is 99.8 Å². The standard InChI is InChI=1S/C30H29N2O.C13H24O2.Ir/c1-19(2)14-28-29-24(11-13-33-29)25(18-32-28)21-10-12-31-27(17-21)22-15-20-8-6-7-9-23(20)26(16-22)30(3,4)5;1-5-10(6-2)12(14)9-13(15)11(7-3)8-4;/h6-13,16-19H,14H2,1-5H3;9-11,14H,5-8H2,1-4H3;/q-1;;/b;12-9-;. The number of benzene rings is 2. The molecule has 6 heteroatoms. The molecule has 0 aliphatic rings. The number of rotatable bonds is 11. The van der Waals surface area contributed by atoms with Crippen LogP contribution in [0.15, 0.2) is 83.4 Å². The first-order valence-electron chi connectivity index (χ1n) is 17.6. The molecule has 5 nitrogen and oxygen atoms in total. The first kappa shape index (κ1) is 39.8. The first-order valence-corrected chi connectivity index (χ1v) is 17.6. The number of aliphatic hydroxyl groups is 1. The summed E-state index contributed by atoms with van der Waals surface area (Å²) >= 11 is 0. The molecule has 5 rings (SSSR count). The van der Waals surface area contributed by atoms with Gasteiger partial charge in [-0.05, 0) is 61.1 Å². The van der Waals surface area contributed by atoms with Crippen LogP contribution < -0.4 is 0 Å². The number of hydrogen-bond donors (Lipinski definition) is 1. The predicted molar refractivity (Wildman–Crippen MR) is 200 cm³/mol. The van der Waals surface area contributed by atoms with Crippen LogP contribution in [-0.4, -0.2) is 20.9 Å². The number of allylic oxidation sites excluding steroid dienone is 2. The number of aliphatic hydroxyl groups excluding tert-OH is 1. The van der Waals surface area contributed by atoms with Gasteiger partial charge in [-0.1, -0.05) is 97.5 Å². The number of furan rings is 1. The van der Waals surface area contributed by atoms with Crippen molar-refractivity contribution >= 4 is 27.5 Å². The van der Waals surface area contributed by atoms with Crippen LogP contribution in [0.2, 0.25) is 0 Å². The van der Waals surface area contributed by atoms with Crippen molar-refractivity contribution in [2.75, 3.05) is 0 Å². The third-order valence-electron chi connectivity index (χ3n) is 9.18. The molecule has 0 bridgehead atoms. The molecule has 0 atom stereocenters. The van der Waals surface area contributed by atoms with Crippen molar-refractivity contribution in [1.29, 1.82) is 0 Å². The fraction of sp³-hybridized carbons (Fsp3) is 0.419. The monoisotopic (exact) mass is 838 g/mol. The Kier molecular flexibility index (Phi) is 14.5. The molecule has 0 saturated carbocycles. The molecule has 0 fully saturated rings. The van der Waals surface area contributed by atoms with Gasteiger partial charge in [-0.15, -0.1) is 29.1 Å². The molecule has 5 aromatic rings. The fourth-order valence-electron chi connectivity index (χ4n) is 6.29. The minimum Gasteiger partial charge on any atom is -0.512 e. The van der Waals surface area contributed by atoms with E-state index < -0.39 is 0 Å². The maximum atomic E-state index is 11.7. The Hall–Kier alpha value is -3.60. The predicted octanol–water partition coefficient (Wildman–Crippen LogP) is 11.9. The second-order valence-corrected chi connectivity index (χ2v) is 14.2. The SMILES string of the molecule is CC(C)Cc1ncc(-c2ccnc(-c3[c-]c4ccccc4c(C(C)(C)C)c3)c2)c2ccoc12.CCC(CC)C(=O)/C=C(\O)C(CC)CC.[Ir]. The second-order valence-electron chi connectivity index (χ2n) is 14.2. The molecule has 0 unspecified atom stereocenters. The number of nitrogens with zero attached hydrogens (tertiary/aromatic N) is 2. The van der Waals surface area contributed by atoms with E-state index in [4.69, 9.17) is 14.4 Å². The third kappa shape index (κ3) is 9.77. The first-order chi connectivity index (χ1) is 22.9. The van der Waals surface area contributed by atoms with Crippen LogP contribution >= 0.6 is 0 Å². The summed E-state index contributed by atoms with van der Waals surface area (Å²) < 4.78 is 5.84. The fourth-order valence-corrected chi connectivity index (χ4v) is 6.29. The van der Waals surface area contributed by atoms with E-state index in [2.05, 4.69) is 77.1 Å². The van der Waals surface area contributed by atoms with Crippen LogP contribution in [0.5, 0.6) is 0 Å². The summed E-state index contributed by atoms with van der Waals surface area (Å²) in [6, 6.07) is 20.5. The van der Waals surface area contributed by atoms with Crippen molar-refractivity contribution < 1.29 is 34.4 Å². The van der Waals surface area contributed by atoms with Gasteiger partial charge >= 0.3 is 0 Å². The van der Waals surface area contributed by atoms with Gasteiger partial charge in [0.1, 0.15) is 0 Å². The van der Waals surface area contributed by atoms with Gasteiger partial charge in [0.25, 0.3) is 0 Å². The Labute approximate surface area is 307 Å². The molecule has 1 N–H and O–H groups in total. The smallest absolute Gasteiger partial charge is 0.162 e. The molecule has 49 heavy (non-hydrogen) atoms. The molecule has 1 radical (unpaired) electrons. The average Bonchev–Trinajstić information content (AvgIpc) is 3.56. The summed E-state index contributed by atoms with van der Waals surface area (Å²) in [5, 5.41) is 13.2. The van der Waals surface area contributed by atoms with E-state index in [9.17, 15) is 9.90 Å². The molecular formula is C43H53IrN2O3-. The van der Waals surface area contributed by atoms with Gasteiger partial charge in [-0.2, -0.15) is 0 Å². The Bertz CT molecular complexity index is 1860. The Morgan fingerprint density at radius 3 is 2.22 bits per heavy atom. The van der Waals surface area contributed by atoms with Crippen molar-refractivity contribution in [1.82, 2.24) is 9.97 Å². The summed E-state index contributed by atoms with van der Waals surface area (Å²) in [7, 11) is 0. The minimum absolute atomic E-state index is 0. The molecule has 0 amide bonds. The van der Waals surface area contributed by atoms with Crippen LogP contribution in [0, 0.1) is 23.8 Å². The van der Waals surface area contributed by atoms with E-state index in [1.807, 2.05) is 52.2 Å². The topological polar surface area (TPSA) is 76.2 Å². The average molecular weight is 838 g/mol. The van der Waals surface area contributed by atoms with E-state index >= 15 is 0 Å². The normalized spacial score (nSPS) is 12.0. The molecule has 0 aliphatic carbocycles. The molecule has 2 aromatic carbocycles. The van der Waals surface area contributed by atoms with E-state index in [0.717, 1.165) is 76.5 Å². The van der Waals surface area contributed by atoms with E-state index in [-0.39, 0.29) is 48.9 Å². The van der Waals surface area contributed by atoms with Crippen molar-refractivity contribution in [3.8, 4) is 22.4 Å². The maximum Gasteiger partial charge on any atom is 0.162 e. The summed E-state index contributed by atoms with van der Waals surface area (Å²) in [6.45, 7) is 19.2. The quantitative estimate of drug-likeness (QED) is 0.0815. The zero-order valence-corrected chi connectivity index (χ0v) is 33.1. The van der Waals surface area contributed by atoms with E-state index in [1.165, 1.54) is 17.0 Å². The van der Waals surface area contributed by atoms with Gasteiger partial charge in [-0.25, -0.2) is 0 Å². The Morgan fingerprint density at radius 1 is 0.918 bits per heavy atom. The Morgan fingerprint density at radius 2 is 1.59 bits per heavy atom. The summed E-state index contributed by atoms with van der Waals surface area (Å²) in [5.41, 5.74) is 7.27. The number of hydrogen-bond acceptors (Lipinski definition) is 5. The molecule has 3 aromatic heterocycles. The van der Waals surface area contributed by atoms with E-state index in [1.54, 1.807) is 6.26 Å². The molecule has 0 spiro atoms. The van der Waals surface area contributed by atoms with Gasteiger partial charge in [-0.3, -0.25) is 14.8 Å². The van der Waals surface area contributed by atoms with E-state index in [0.29, 0.717) is 5.92 Å². The maximum absolute atomic E-state index is 11.7. The largest absolute Gasteiger partial charge is 0.512 e. The van der Waals surface area contributed by atoms with Gasteiger partial charge in [0.05, 0.1) is 17.7 Å².